The highest BCUT2D eigenvalue weighted by atomic mass is 35.5. The van der Waals surface area contributed by atoms with Crippen molar-refractivity contribution in [2.24, 2.45) is 5.92 Å². The summed E-state index contributed by atoms with van der Waals surface area (Å²) < 4.78 is 6.14. The monoisotopic (exact) mass is 316 g/mol. The Balaban J connectivity index is 2.62. The highest BCUT2D eigenvalue weighted by Crippen LogP contribution is 2.14. The van der Waals surface area contributed by atoms with Crippen LogP contribution in [0.25, 0.3) is 0 Å². The lowest BCUT2D eigenvalue weighted by Gasteiger charge is -2.11. The molecule has 2 N–H and O–H groups in total. The van der Waals surface area contributed by atoms with E-state index in [0.717, 1.165) is 0 Å². The van der Waals surface area contributed by atoms with Crippen LogP contribution >= 0.6 is 11.6 Å². The normalized spacial score (nSPS) is 10.7. The summed E-state index contributed by atoms with van der Waals surface area (Å²) in [5.74, 6) is 0.0751. The van der Waals surface area contributed by atoms with Crippen LogP contribution in [0, 0.1) is 5.92 Å². The molecule has 0 aliphatic carbocycles. The number of anilines is 1. The number of ether oxygens (including phenoxy) is 1. The van der Waals surface area contributed by atoms with Crippen molar-refractivity contribution < 1.29 is 9.53 Å². The smallest absolute Gasteiger partial charge is 0.287 e. The van der Waals surface area contributed by atoms with E-state index >= 15 is 0 Å². The van der Waals surface area contributed by atoms with E-state index in [2.05, 4.69) is 15.7 Å². The van der Waals surface area contributed by atoms with Gasteiger partial charge in [-0.15, -0.1) is 0 Å². The number of rotatable bonds is 8. The number of aromatic nitrogens is 2. The lowest BCUT2D eigenvalue weighted by atomic mass is 10.2. The first kappa shape index (κ1) is 17.5. The number of nitrogens with zero attached hydrogens (tertiary/aromatic N) is 2. The van der Waals surface area contributed by atoms with Gasteiger partial charge >= 0.3 is 0 Å². The fraction of sp³-hybridized carbons (Fsp3) is 0.615. The zero-order valence-electron chi connectivity index (χ0n) is 12.5. The molecule has 0 spiro atoms. The van der Waals surface area contributed by atoms with Gasteiger partial charge in [-0.2, -0.15) is 5.10 Å². The van der Waals surface area contributed by atoms with Crippen molar-refractivity contribution in [3.8, 4) is 0 Å². The molecule has 0 aliphatic heterocycles. The van der Waals surface area contributed by atoms with Crippen LogP contribution in [0.2, 0.25) is 5.02 Å². The van der Waals surface area contributed by atoms with Gasteiger partial charge in [0.25, 0.3) is 5.56 Å². The van der Waals surface area contributed by atoms with E-state index in [1.54, 1.807) is 7.11 Å². The molecule has 1 rings (SSSR count). The molecule has 21 heavy (non-hydrogen) atoms. The summed E-state index contributed by atoms with van der Waals surface area (Å²) in [4.78, 5) is 23.5. The quantitative estimate of drug-likeness (QED) is 0.691. The summed E-state index contributed by atoms with van der Waals surface area (Å²) in [6.45, 7) is 5.35. The summed E-state index contributed by atoms with van der Waals surface area (Å²) in [6, 6.07) is 0. The second-order valence-electron chi connectivity index (χ2n) is 4.95. The Morgan fingerprint density at radius 3 is 2.86 bits per heavy atom. The molecule has 7 nitrogen and oxygen atoms in total. The summed E-state index contributed by atoms with van der Waals surface area (Å²) >= 11 is 6.00. The summed E-state index contributed by atoms with van der Waals surface area (Å²) in [7, 11) is 1.56. The molecule has 118 valence electrons. The number of hydrogen-bond acceptors (Lipinski definition) is 5. The molecule has 0 saturated heterocycles. The third-order valence-corrected chi connectivity index (χ3v) is 2.96. The summed E-state index contributed by atoms with van der Waals surface area (Å²) in [5.41, 5.74) is -0.0151. The Hall–Kier alpha value is -1.60. The van der Waals surface area contributed by atoms with Crippen LogP contribution in [0.1, 0.15) is 13.8 Å². The number of halogens is 1. The topological polar surface area (TPSA) is 85.2 Å². The van der Waals surface area contributed by atoms with Crippen molar-refractivity contribution in [2.75, 3.05) is 32.1 Å². The first-order valence-electron chi connectivity index (χ1n) is 6.70. The molecule has 1 heterocycles. The largest absolute Gasteiger partial charge is 0.383 e. The average molecular weight is 317 g/mol. The highest BCUT2D eigenvalue weighted by Gasteiger charge is 2.11. The van der Waals surface area contributed by atoms with Gasteiger partial charge in [0.2, 0.25) is 5.91 Å². The Bertz CT molecular complexity index is 531. The van der Waals surface area contributed by atoms with Gasteiger partial charge < -0.3 is 15.4 Å². The van der Waals surface area contributed by atoms with Crippen molar-refractivity contribution in [1.29, 1.82) is 0 Å². The minimum absolute atomic E-state index is 0.0126. The van der Waals surface area contributed by atoms with E-state index in [9.17, 15) is 9.59 Å². The maximum absolute atomic E-state index is 12.0. The molecule has 0 fully saturated rings. The van der Waals surface area contributed by atoms with Gasteiger partial charge in [0.15, 0.2) is 0 Å². The first-order valence-corrected chi connectivity index (χ1v) is 7.08. The molecule has 0 bridgehead atoms. The van der Waals surface area contributed by atoms with Crippen LogP contribution in [-0.4, -0.2) is 42.5 Å². The van der Waals surface area contributed by atoms with Gasteiger partial charge in [-0.05, 0) is 5.92 Å². The number of amides is 1. The van der Waals surface area contributed by atoms with E-state index in [-0.39, 0.29) is 29.0 Å². The van der Waals surface area contributed by atoms with Gasteiger partial charge in [0.05, 0.1) is 25.0 Å². The standard InChI is InChI=1S/C13H21ClN4O3/c1-9(2)8-18-13(20)12(14)10(6-17-18)16-7-11(19)15-4-5-21-3/h6,9,16H,4-5,7-8H2,1-3H3,(H,15,19). The third-order valence-electron chi connectivity index (χ3n) is 2.59. The maximum Gasteiger partial charge on any atom is 0.287 e. The van der Waals surface area contributed by atoms with Gasteiger partial charge in [0.1, 0.15) is 5.02 Å². The van der Waals surface area contributed by atoms with Crippen molar-refractivity contribution in [3.63, 3.8) is 0 Å². The number of hydrogen-bond donors (Lipinski definition) is 2. The van der Waals surface area contributed by atoms with Gasteiger partial charge in [-0.1, -0.05) is 25.4 Å². The molecule has 0 unspecified atom stereocenters. The highest BCUT2D eigenvalue weighted by molar-refractivity contribution is 6.33. The Labute approximate surface area is 128 Å². The Morgan fingerprint density at radius 1 is 1.52 bits per heavy atom. The second-order valence-corrected chi connectivity index (χ2v) is 5.33. The molecular formula is C13H21ClN4O3. The molecule has 1 aromatic heterocycles. The van der Waals surface area contributed by atoms with Crippen LogP contribution < -0.4 is 16.2 Å². The molecule has 0 atom stereocenters. The zero-order chi connectivity index (χ0) is 15.8. The van der Waals surface area contributed by atoms with Crippen molar-refractivity contribution in [3.05, 3.63) is 21.6 Å². The molecular weight excluding hydrogens is 296 g/mol. The van der Waals surface area contributed by atoms with E-state index in [1.165, 1.54) is 10.9 Å². The van der Waals surface area contributed by atoms with E-state index < -0.39 is 0 Å². The van der Waals surface area contributed by atoms with Crippen molar-refractivity contribution >= 4 is 23.2 Å². The lowest BCUT2D eigenvalue weighted by Crippen LogP contribution is -2.33. The van der Waals surface area contributed by atoms with E-state index in [4.69, 9.17) is 16.3 Å². The van der Waals surface area contributed by atoms with Crippen molar-refractivity contribution in [1.82, 2.24) is 15.1 Å². The minimum atomic E-state index is -0.366. The zero-order valence-corrected chi connectivity index (χ0v) is 13.2. The van der Waals surface area contributed by atoms with Gasteiger partial charge in [-0.25, -0.2) is 4.68 Å². The van der Waals surface area contributed by atoms with E-state index in [0.29, 0.717) is 25.4 Å². The second kappa shape index (κ2) is 8.63. The number of carbonyl (C=O) groups excluding carboxylic acids is 1. The molecule has 1 aromatic rings. The molecule has 8 heteroatoms. The van der Waals surface area contributed by atoms with Gasteiger partial charge in [0, 0.05) is 20.2 Å². The van der Waals surface area contributed by atoms with Crippen LogP contribution in [0.5, 0.6) is 0 Å². The van der Waals surface area contributed by atoms with Crippen LogP contribution in [0.15, 0.2) is 11.0 Å². The van der Waals surface area contributed by atoms with Crippen LogP contribution in [0.3, 0.4) is 0 Å². The summed E-state index contributed by atoms with van der Waals surface area (Å²) in [5, 5.41) is 9.53. The van der Waals surface area contributed by atoms with Crippen molar-refractivity contribution in [2.45, 2.75) is 20.4 Å². The molecule has 0 aromatic carbocycles. The number of methoxy groups -OCH3 is 1. The van der Waals surface area contributed by atoms with Gasteiger partial charge in [-0.3, -0.25) is 9.59 Å². The fourth-order valence-corrected chi connectivity index (χ4v) is 1.81. The fourth-order valence-electron chi connectivity index (χ4n) is 1.59. The molecule has 1 amide bonds. The predicted octanol–water partition coefficient (Wildman–Crippen LogP) is 0.727. The Morgan fingerprint density at radius 2 is 2.24 bits per heavy atom. The minimum Gasteiger partial charge on any atom is -0.383 e. The molecule has 0 saturated carbocycles. The maximum atomic E-state index is 12.0. The first-order chi connectivity index (χ1) is 9.95. The Kier molecular flexibility index (Phi) is 7.18. The lowest BCUT2D eigenvalue weighted by molar-refractivity contribution is -0.119. The van der Waals surface area contributed by atoms with Crippen LogP contribution in [-0.2, 0) is 16.1 Å². The molecule has 0 radical (unpaired) electrons. The predicted molar refractivity (Wildman–Crippen MR) is 81.7 cm³/mol. The molecule has 0 aliphatic rings. The number of nitrogens with one attached hydrogen (secondary N) is 2. The average Bonchev–Trinajstić information content (AvgIpc) is 2.43. The third kappa shape index (κ3) is 5.73. The summed E-state index contributed by atoms with van der Waals surface area (Å²) in [6.07, 6.45) is 1.45. The SMILES string of the molecule is COCCNC(=O)CNc1cnn(CC(C)C)c(=O)c1Cl. The number of carbonyl (C=O) groups is 1. The van der Waals surface area contributed by atoms with Crippen LogP contribution in [0.4, 0.5) is 5.69 Å². The van der Waals surface area contributed by atoms with E-state index in [1.807, 2.05) is 13.8 Å².